The summed E-state index contributed by atoms with van der Waals surface area (Å²) >= 11 is 0. The maximum Gasteiger partial charge on any atom is 0.251 e. The number of methoxy groups -OCH3 is 3. The lowest BCUT2D eigenvalue weighted by Gasteiger charge is -2.14. The molecule has 0 aliphatic carbocycles. The number of nitrogens with zero attached hydrogens (tertiary/aromatic N) is 3. The second-order valence-electron chi connectivity index (χ2n) is 6.01. The van der Waals surface area contributed by atoms with E-state index >= 15 is 0 Å². The first kappa shape index (κ1) is 19.2. The van der Waals surface area contributed by atoms with Crippen LogP contribution in [0.25, 0.3) is 0 Å². The third-order valence-electron chi connectivity index (χ3n) is 4.20. The second-order valence-corrected chi connectivity index (χ2v) is 6.01. The van der Waals surface area contributed by atoms with Crippen molar-refractivity contribution < 1.29 is 19.0 Å². The zero-order valence-corrected chi connectivity index (χ0v) is 16.0. The van der Waals surface area contributed by atoms with Gasteiger partial charge in [0.1, 0.15) is 12.7 Å². The minimum Gasteiger partial charge on any atom is -0.493 e. The Hall–Kier alpha value is -3.55. The molecule has 1 amide bonds. The monoisotopic (exact) mass is 382 g/mol. The van der Waals surface area contributed by atoms with Crippen LogP contribution in [0.15, 0.2) is 49.1 Å². The standard InChI is InChI=1S/C20H22N4O4/c1-26-17-8-15(9-18(27-2)19(17)28-3)10-22-20(25)16-6-4-14(5-7-16)11-24-13-21-12-23-24/h4-9,12-13H,10-11H2,1-3H3,(H,22,25). The molecule has 8 nitrogen and oxygen atoms in total. The van der Waals surface area contributed by atoms with Crippen LogP contribution in [-0.2, 0) is 13.1 Å². The Morgan fingerprint density at radius 3 is 2.21 bits per heavy atom. The fourth-order valence-corrected chi connectivity index (χ4v) is 2.78. The van der Waals surface area contributed by atoms with Crippen LogP contribution in [-0.4, -0.2) is 42.0 Å². The normalized spacial score (nSPS) is 10.4. The summed E-state index contributed by atoms with van der Waals surface area (Å²) in [6.07, 6.45) is 3.14. The number of carbonyl (C=O) groups excluding carboxylic acids is 1. The highest BCUT2D eigenvalue weighted by atomic mass is 16.5. The molecule has 0 aliphatic heterocycles. The van der Waals surface area contributed by atoms with Gasteiger partial charge in [-0.05, 0) is 35.4 Å². The largest absolute Gasteiger partial charge is 0.493 e. The quantitative estimate of drug-likeness (QED) is 0.643. The average molecular weight is 382 g/mol. The van der Waals surface area contributed by atoms with E-state index in [0.717, 1.165) is 11.1 Å². The molecule has 0 saturated carbocycles. The number of amides is 1. The number of hydrogen-bond acceptors (Lipinski definition) is 6. The minimum absolute atomic E-state index is 0.166. The molecule has 0 spiro atoms. The Morgan fingerprint density at radius 1 is 1.00 bits per heavy atom. The van der Waals surface area contributed by atoms with Gasteiger partial charge in [0, 0.05) is 12.1 Å². The number of benzene rings is 2. The van der Waals surface area contributed by atoms with Gasteiger partial charge < -0.3 is 19.5 Å². The molecule has 1 heterocycles. The minimum atomic E-state index is -0.166. The number of nitrogens with one attached hydrogen (secondary N) is 1. The van der Waals surface area contributed by atoms with Crippen molar-refractivity contribution in [1.82, 2.24) is 20.1 Å². The van der Waals surface area contributed by atoms with Crippen molar-refractivity contribution in [3.05, 3.63) is 65.7 Å². The summed E-state index contributed by atoms with van der Waals surface area (Å²) in [5.74, 6) is 1.44. The molecule has 28 heavy (non-hydrogen) atoms. The molecule has 0 bridgehead atoms. The summed E-state index contributed by atoms with van der Waals surface area (Å²) in [5.41, 5.74) is 2.45. The molecule has 3 rings (SSSR count). The van der Waals surface area contributed by atoms with Crippen LogP contribution in [0.2, 0.25) is 0 Å². The Kier molecular flexibility index (Phi) is 6.11. The van der Waals surface area contributed by atoms with E-state index in [2.05, 4.69) is 15.4 Å². The Labute approximate surface area is 163 Å². The van der Waals surface area contributed by atoms with Gasteiger partial charge in [-0.3, -0.25) is 4.79 Å². The predicted octanol–water partition coefficient (Wildman–Crippen LogP) is 2.28. The van der Waals surface area contributed by atoms with E-state index < -0.39 is 0 Å². The van der Waals surface area contributed by atoms with E-state index in [1.165, 1.54) is 6.33 Å². The van der Waals surface area contributed by atoms with Gasteiger partial charge >= 0.3 is 0 Å². The lowest BCUT2D eigenvalue weighted by atomic mass is 10.1. The van der Waals surface area contributed by atoms with Crippen LogP contribution < -0.4 is 19.5 Å². The van der Waals surface area contributed by atoms with Crippen molar-refractivity contribution in [1.29, 1.82) is 0 Å². The van der Waals surface area contributed by atoms with Gasteiger partial charge in [-0.1, -0.05) is 12.1 Å². The lowest BCUT2D eigenvalue weighted by Crippen LogP contribution is -2.22. The topological polar surface area (TPSA) is 87.5 Å². The van der Waals surface area contributed by atoms with Crippen molar-refractivity contribution in [2.24, 2.45) is 0 Å². The van der Waals surface area contributed by atoms with E-state index in [1.807, 2.05) is 24.3 Å². The van der Waals surface area contributed by atoms with Crippen LogP contribution in [0.4, 0.5) is 0 Å². The van der Waals surface area contributed by atoms with E-state index in [4.69, 9.17) is 14.2 Å². The first-order chi connectivity index (χ1) is 13.6. The van der Waals surface area contributed by atoms with Crippen molar-refractivity contribution in [3.8, 4) is 17.2 Å². The highest BCUT2D eigenvalue weighted by molar-refractivity contribution is 5.94. The number of aromatic nitrogens is 3. The smallest absolute Gasteiger partial charge is 0.251 e. The van der Waals surface area contributed by atoms with Gasteiger partial charge in [0.2, 0.25) is 5.75 Å². The molecule has 8 heteroatoms. The third-order valence-corrected chi connectivity index (χ3v) is 4.20. The molecule has 0 fully saturated rings. The molecule has 1 N–H and O–H groups in total. The molecule has 0 saturated heterocycles. The fourth-order valence-electron chi connectivity index (χ4n) is 2.78. The molecule has 3 aromatic rings. The fraction of sp³-hybridized carbons (Fsp3) is 0.250. The van der Waals surface area contributed by atoms with E-state index in [0.29, 0.717) is 35.9 Å². The highest BCUT2D eigenvalue weighted by Gasteiger charge is 2.14. The Bertz CT molecular complexity index is 899. The summed E-state index contributed by atoms with van der Waals surface area (Å²) in [6, 6.07) is 11.0. The van der Waals surface area contributed by atoms with Crippen molar-refractivity contribution >= 4 is 5.91 Å². The van der Waals surface area contributed by atoms with Crippen LogP contribution >= 0.6 is 0 Å². The molecular weight excluding hydrogens is 360 g/mol. The van der Waals surface area contributed by atoms with Crippen LogP contribution in [0.5, 0.6) is 17.2 Å². The van der Waals surface area contributed by atoms with Gasteiger partial charge in [0.05, 0.1) is 27.9 Å². The predicted molar refractivity (Wildman–Crippen MR) is 103 cm³/mol. The van der Waals surface area contributed by atoms with Crippen molar-refractivity contribution in [2.45, 2.75) is 13.1 Å². The van der Waals surface area contributed by atoms with Gasteiger partial charge in [-0.2, -0.15) is 5.10 Å². The first-order valence-electron chi connectivity index (χ1n) is 8.63. The molecule has 0 aliphatic rings. The maximum absolute atomic E-state index is 12.5. The highest BCUT2D eigenvalue weighted by Crippen LogP contribution is 2.38. The zero-order valence-electron chi connectivity index (χ0n) is 16.0. The van der Waals surface area contributed by atoms with E-state index in [-0.39, 0.29) is 5.91 Å². The summed E-state index contributed by atoms with van der Waals surface area (Å²) in [4.78, 5) is 16.4. The van der Waals surface area contributed by atoms with Crippen molar-refractivity contribution in [2.75, 3.05) is 21.3 Å². The molecule has 2 aromatic carbocycles. The summed E-state index contributed by atoms with van der Waals surface area (Å²) < 4.78 is 17.7. The van der Waals surface area contributed by atoms with Gasteiger partial charge in [0.15, 0.2) is 11.5 Å². The maximum atomic E-state index is 12.5. The van der Waals surface area contributed by atoms with Crippen molar-refractivity contribution in [3.63, 3.8) is 0 Å². The Balaban J connectivity index is 1.65. The second kappa shape index (κ2) is 8.90. The number of hydrogen-bond donors (Lipinski definition) is 1. The van der Waals surface area contributed by atoms with Gasteiger partial charge in [-0.15, -0.1) is 0 Å². The molecular formula is C20H22N4O4. The molecule has 0 radical (unpaired) electrons. The molecule has 146 valence electrons. The number of carbonyl (C=O) groups is 1. The van der Waals surface area contributed by atoms with Gasteiger partial charge in [0.25, 0.3) is 5.91 Å². The summed E-state index contributed by atoms with van der Waals surface area (Å²) in [5, 5.41) is 6.97. The summed E-state index contributed by atoms with van der Waals surface area (Å²) in [7, 11) is 4.66. The van der Waals surface area contributed by atoms with Crippen LogP contribution in [0, 0.1) is 0 Å². The van der Waals surface area contributed by atoms with E-state index in [1.54, 1.807) is 44.5 Å². The molecule has 0 atom stereocenters. The average Bonchev–Trinajstić information content (AvgIpc) is 3.24. The number of ether oxygens (including phenoxy) is 3. The zero-order chi connectivity index (χ0) is 19.9. The Morgan fingerprint density at radius 2 is 1.68 bits per heavy atom. The number of rotatable bonds is 8. The lowest BCUT2D eigenvalue weighted by molar-refractivity contribution is 0.0951. The van der Waals surface area contributed by atoms with Crippen LogP contribution in [0.1, 0.15) is 21.5 Å². The SMILES string of the molecule is COc1cc(CNC(=O)c2ccc(Cn3cncn3)cc2)cc(OC)c1OC. The van der Waals surface area contributed by atoms with Gasteiger partial charge in [-0.25, -0.2) is 9.67 Å². The van der Waals surface area contributed by atoms with E-state index in [9.17, 15) is 4.79 Å². The molecule has 1 aromatic heterocycles. The third kappa shape index (κ3) is 4.40. The summed E-state index contributed by atoms with van der Waals surface area (Å²) in [6.45, 7) is 0.934. The van der Waals surface area contributed by atoms with Crippen LogP contribution in [0.3, 0.4) is 0 Å². The molecule has 0 unspecified atom stereocenters. The first-order valence-corrected chi connectivity index (χ1v) is 8.63.